The number of rotatable bonds is 5. The van der Waals surface area contributed by atoms with Gasteiger partial charge in [-0.1, -0.05) is 11.6 Å². The van der Waals surface area contributed by atoms with Crippen LogP contribution >= 0.6 is 11.6 Å². The third-order valence-electron chi connectivity index (χ3n) is 3.27. The van der Waals surface area contributed by atoms with Crippen LogP contribution in [-0.4, -0.2) is 18.3 Å². The molecular formula is C12H17ClN2O. The molecule has 88 valence electrons. The monoisotopic (exact) mass is 240 g/mol. The number of hydrogen-bond donors (Lipinski definition) is 3. The molecule has 4 N–H and O–H groups in total. The Morgan fingerprint density at radius 1 is 1.44 bits per heavy atom. The molecule has 0 saturated heterocycles. The molecule has 1 aliphatic rings. The summed E-state index contributed by atoms with van der Waals surface area (Å²) in [7, 11) is 0. The van der Waals surface area contributed by atoms with E-state index in [1.54, 1.807) is 6.07 Å². The summed E-state index contributed by atoms with van der Waals surface area (Å²) in [5.74, 6) is 0. The molecule has 1 aliphatic carbocycles. The van der Waals surface area contributed by atoms with Gasteiger partial charge in [-0.15, -0.1) is 0 Å². The number of nitrogen functional groups attached to an aromatic ring is 1. The molecule has 4 heteroatoms. The fraction of sp³-hybridized carbons (Fsp3) is 0.500. The Hall–Kier alpha value is -0.930. The lowest BCUT2D eigenvalue weighted by molar-refractivity contribution is 0.253. The van der Waals surface area contributed by atoms with Crippen molar-refractivity contribution < 1.29 is 5.11 Å². The average molecular weight is 241 g/mol. The van der Waals surface area contributed by atoms with Crippen molar-refractivity contribution in [1.29, 1.82) is 0 Å². The highest BCUT2D eigenvalue weighted by Crippen LogP contribution is 2.48. The van der Waals surface area contributed by atoms with Crippen molar-refractivity contribution in [2.24, 2.45) is 5.41 Å². The molecule has 0 aliphatic heterocycles. The Balaban J connectivity index is 1.94. The van der Waals surface area contributed by atoms with Crippen LogP contribution in [0.2, 0.25) is 5.02 Å². The Bertz CT molecular complexity index is 377. The lowest BCUT2D eigenvalue weighted by Gasteiger charge is -2.16. The first-order valence-electron chi connectivity index (χ1n) is 5.55. The SMILES string of the molecule is Nc1cc(Cl)ccc1NCC1(CCO)CC1. The molecule has 1 saturated carbocycles. The van der Waals surface area contributed by atoms with Crippen molar-refractivity contribution in [1.82, 2.24) is 0 Å². The summed E-state index contributed by atoms with van der Waals surface area (Å²) in [6, 6.07) is 5.47. The van der Waals surface area contributed by atoms with Gasteiger partial charge in [-0.05, 0) is 42.9 Å². The summed E-state index contributed by atoms with van der Waals surface area (Å²) < 4.78 is 0. The summed E-state index contributed by atoms with van der Waals surface area (Å²) in [6.45, 7) is 1.14. The standard InChI is InChI=1S/C12H17ClN2O/c13-9-1-2-11(10(14)7-9)15-8-12(3-4-12)5-6-16/h1-2,7,15-16H,3-6,8,14H2. The molecule has 0 atom stereocenters. The molecule has 0 heterocycles. The Labute approximate surface area is 101 Å². The number of hydrogen-bond acceptors (Lipinski definition) is 3. The molecular weight excluding hydrogens is 224 g/mol. The van der Waals surface area contributed by atoms with Crippen molar-refractivity contribution >= 4 is 23.0 Å². The number of nitrogens with one attached hydrogen (secondary N) is 1. The molecule has 0 radical (unpaired) electrons. The van der Waals surface area contributed by atoms with Crippen LogP contribution in [0, 0.1) is 5.41 Å². The van der Waals surface area contributed by atoms with E-state index in [0.29, 0.717) is 16.1 Å². The molecule has 16 heavy (non-hydrogen) atoms. The number of halogens is 1. The first-order valence-corrected chi connectivity index (χ1v) is 5.93. The molecule has 0 amide bonds. The number of benzene rings is 1. The second kappa shape index (κ2) is 4.52. The highest BCUT2D eigenvalue weighted by atomic mass is 35.5. The number of anilines is 2. The van der Waals surface area contributed by atoms with E-state index in [-0.39, 0.29) is 6.61 Å². The maximum Gasteiger partial charge on any atom is 0.0575 e. The van der Waals surface area contributed by atoms with Gasteiger partial charge in [0.25, 0.3) is 0 Å². The minimum Gasteiger partial charge on any atom is -0.397 e. The number of aliphatic hydroxyl groups is 1. The first-order chi connectivity index (χ1) is 7.65. The molecule has 0 spiro atoms. The van der Waals surface area contributed by atoms with Crippen molar-refractivity contribution in [3.8, 4) is 0 Å². The van der Waals surface area contributed by atoms with Crippen LogP contribution in [0.5, 0.6) is 0 Å². The molecule has 0 bridgehead atoms. The molecule has 3 nitrogen and oxygen atoms in total. The molecule has 2 rings (SSSR count). The Morgan fingerprint density at radius 2 is 2.19 bits per heavy atom. The number of nitrogens with two attached hydrogens (primary N) is 1. The van der Waals surface area contributed by atoms with Gasteiger partial charge in [-0.2, -0.15) is 0 Å². The second-order valence-corrected chi connectivity index (χ2v) is 5.00. The predicted octanol–water partition coefficient (Wildman–Crippen LogP) is 2.50. The van der Waals surface area contributed by atoms with Crippen LogP contribution in [0.15, 0.2) is 18.2 Å². The largest absolute Gasteiger partial charge is 0.397 e. The lowest BCUT2D eigenvalue weighted by atomic mass is 10.0. The van der Waals surface area contributed by atoms with Gasteiger partial charge in [0.1, 0.15) is 0 Å². The summed E-state index contributed by atoms with van der Waals surface area (Å²) in [5, 5.41) is 12.9. The van der Waals surface area contributed by atoms with E-state index in [4.69, 9.17) is 22.4 Å². The zero-order chi connectivity index (χ0) is 11.6. The zero-order valence-electron chi connectivity index (χ0n) is 9.17. The molecule has 0 aromatic heterocycles. The molecule has 0 unspecified atom stereocenters. The van der Waals surface area contributed by atoms with Crippen molar-refractivity contribution in [3.63, 3.8) is 0 Å². The zero-order valence-corrected chi connectivity index (χ0v) is 9.93. The number of aliphatic hydroxyl groups excluding tert-OH is 1. The van der Waals surface area contributed by atoms with Crippen LogP contribution in [0.4, 0.5) is 11.4 Å². The van der Waals surface area contributed by atoms with Gasteiger partial charge < -0.3 is 16.2 Å². The predicted molar refractivity (Wildman–Crippen MR) is 67.7 cm³/mol. The minimum atomic E-state index is 0.262. The highest BCUT2D eigenvalue weighted by molar-refractivity contribution is 6.31. The van der Waals surface area contributed by atoms with Gasteiger partial charge in [0.15, 0.2) is 0 Å². The third kappa shape index (κ3) is 2.60. The fourth-order valence-corrected chi connectivity index (χ4v) is 2.09. The summed E-state index contributed by atoms with van der Waals surface area (Å²) in [4.78, 5) is 0. The lowest BCUT2D eigenvalue weighted by Crippen LogP contribution is -2.17. The Morgan fingerprint density at radius 3 is 2.75 bits per heavy atom. The summed E-state index contributed by atoms with van der Waals surface area (Å²) >= 11 is 5.83. The van der Waals surface area contributed by atoms with Crippen molar-refractivity contribution in [3.05, 3.63) is 23.2 Å². The normalized spacial score (nSPS) is 17.1. The van der Waals surface area contributed by atoms with Crippen molar-refractivity contribution in [2.75, 3.05) is 24.2 Å². The third-order valence-corrected chi connectivity index (χ3v) is 3.50. The van der Waals surface area contributed by atoms with Gasteiger partial charge in [-0.25, -0.2) is 0 Å². The quantitative estimate of drug-likeness (QED) is 0.693. The first kappa shape index (κ1) is 11.6. The second-order valence-electron chi connectivity index (χ2n) is 4.56. The van der Waals surface area contributed by atoms with Crippen molar-refractivity contribution in [2.45, 2.75) is 19.3 Å². The maximum absolute atomic E-state index is 8.96. The summed E-state index contributed by atoms with van der Waals surface area (Å²) in [6.07, 6.45) is 3.25. The van der Waals surface area contributed by atoms with Gasteiger partial charge in [0.2, 0.25) is 0 Å². The van der Waals surface area contributed by atoms with E-state index in [9.17, 15) is 0 Å². The van der Waals surface area contributed by atoms with E-state index in [1.165, 1.54) is 12.8 Å². The van der Waals surface area contributed by atoms with Crippen LogP contribution < -0.4 is 11.1 Å². The van der Waals surface area contributed by atoms with Crippen LogP contribution in [0.1, 0.15) is 19.3 Å². The Kier molecular flexibility index (Phi) is 3.26. The van der Waals surface area contributed by atoms with E-state index in [2.05, 4.69) is 5.32 Å². The fourth-order valence-electron chi connectivity index (χ4n) is 1.91. The van der Waals surface area contributed by atoms with E-state index in [0.717, 1.165) is 18.7 Å². The minimum absolute atomic E-state index is 0.262. The van der Waals surface area contributed by atoms with Crippen LogP contribution in [0.3, 0.4) is 0 Å². The van der Waals surface area contributed by atoms with Gasteiger partial charge >= 0.3 is 0 Å². The molecule has 1 aromatic rings. The van der Waals surface area contributed by atoms with E-state index in [1.807, 2.05) is 12.1 Å². The van der Waals surface area contributed by atoms with Gasteiger partial charge in [0.05, 0.1) is 11.4 Å². The van der Waals surface area contributed by atoms with E-state index >= 15 is 0 Å². The van der Waals surface area contributed by atoms with E-state index < -0.39 is 0 Å². The topological polar surface area (TPSA) is 58.3 Å². The highest BCUT2D eigenvalue weighted by Gasteiger charge is 2.41. The van der Waals surface area contributed by atoms with Crippen LogP contribution in [-0.2, 0) is 0 Å². The molecule has 1 fully saturated rings. The van der Waals surface area contributed by atoms with Gasteiger partial charge in [-0.3, -0.25) is 0 Å². The van der Waals surface area contributed by atoms with Crippen LogP contribution in [0.25, 0.3) is 0 Å². The van der Waals surface area contributed by atoms with Gasteiger partial charge in [0, 0.05) is 18.2 Å². The molecule has 1 aromatic carbocycles. The maximum atomic E-state index is 8.96. The smallest absolute Gasteiger partial charge is 0.0575 e. The summed E-state index contributed by atoms with van der Waals surface area (Å²) in [5.41, 5.74) is 7.74. The average Bonchev–Trinajstić information content (AvgIpc) is 2.98.